The summed E-state index contributed by atoms with van der Waals surface area (Å²) in [7, 11) is 3.60. The van der Waals surface area contributed by atoms with E-state index in [0.29, 0.717) is 10.8 Å². The summed E-state index contributed by atoms with van der Waals surface area (Å²) in [6, 6.07) is 26.0. The smallest absolute Gasteiger partial charge is 0.262 e. The molecule has 8 rings (SSSR count). The Balaban J connectivity index is 1.23. The predicted octanol–water partition coefficient (Wildman–Crippen LogP) is 9.64. The van der Waals surface area contributed by atoms with Crippen LogP contribution in [0.4, 0.5) is 5.69 Å². The van der Waals surface area contributed by atoms with Crippen LogP contribution in [0.15, 0.2) is 123 Å². The van der Waals surface area contributed by atoms with E-state index in [-0.39, 0.29) is 5.91 Å². The van der Waals surface area contributed by atoms with Gasteiger partial charge in [0.2, 0.25) is 11.4 Å². The number of thioether (sulfide) groups is 1. The lowest BCUT2D eigenvalue weighted by Crippen LogP contribution is -2.52. The molecule has 0 bridgehead atoms. The Labute approximate surface area is 307 Å². The van der Waals surface area contributed by atoms with Gasteiger partial charge in [0.1, 0.15) is 11.2 Å². The number of nitrogens with zero attached hydrogens (tertiary/aromatic N) is 4. The summed E-state index contributed by atoms with van der Waals surface area (Å²) in [5.41, 5.74) is 6.27. The third kappa shape index (κ3) is 5.24. The first-order valence-electron chi connectivity index (χ1n) is 17.1. The lowest BCUT2D eigenvalue weighted by Gasteiger charge is -2.44. The molecule has 1 atom stereocenters. The fourth-order valence-electron chi connectivity index (χ4n) is 7.64. The molecule has 1 aromatic heterocycles. The molecule has 0 spiro atoms. The van der Waals surface area contributed by atoms with Crippen molar-refractivity contribution in [1.82, 2.24) is 9.80 Å². The SMILES string of the molecule is [CH-]=C1C(C2=C(C=Cc3sc4ccc5ccccc5c4[n+]3CC)CCC2=CC=C2Sc3ccc4ccccc4c3N2CC)C(=O)N(C)C(=S)N1C. The van der Waals surface area contributed by atoms with E-state index in [4.69, 9.17) is 18.8 Å². The Bertz CT molecular complexity index is 2370. The van der Waals surface area contributed by atoms with Gasteiger partial charge >= 0.3 is 0 Å². The molecule has 1 aliphatic carbocycles. The summed E-state index contributed by atoms with van der Waals surface area (Å²) in [5, 5.41) is 7.79. The predicted molar refractivity (Wildman–Crippen MR) is 214 cm³/mol. The van der Waals surface area contributed by atoms with Crippen LogP contribution < -0.4 is 9.47 Å². The van der Waals surface area contributed by atoms with Crippen LogP contribution in [0.25, 0.3) is 37.8 Å². The Morgan fingerprint density at radius 2 is 1.62 bits per heavy atom. The molecule has 1 fully saturated rings. The third-order valence-corrected chi connectivity index (χ3v) is 13.0. The highest BCUT2D eigenvalue weighted by Gasteiger charge is 2.38. The molecule has 8 heteroatoms. The number of carbonyl (C=O) groups excluding carboxylic acids is 1. The lowest BCUT2D eigenvalue weighted by molar-refractivity contribution is -0.664. The minimum atomic E-state index is -0.618. The first kappa shape index (κ1) is 32.7. The number of hydrogen-bond donors (Lipinski definition) is 0. The van der Waals surface area contributed by atoms with Gasteiger partial charge < -0.3 is 16.4 Å². The van der Waals surface area contributed by atoms with Gasteiger partial charge in [-0.3, -0.25) is 9.69 Å². The average Bonchev–Trinajstić information content (AvgIpc) is 3.84. The number of aryl methyl sites for hydroxylation is 1. The van der Waals surface area contributed by atoms with E-state index < -0.39 is 5.92 Å². The number of thiazole rings is 1. The number of allylic oxidation sites excluding steroid dienone is 5. The molecule has 50 heavy (non-hydrogen) atoms. The van der Waals surface area contributed by atoms with Crippen LogP contribution in [0, 0.1) is 12.5 Å². The number of benzene rings is 4. The van der Waals surface area contributed by atoms with E-state index in [1.807, 2.05) is 7.05 Å². The van der Waals surface area contributed by atoms with Crippen molar-refractivity contribution >= 4 is 89.9 Å². The van der Waals surface area contributed by atoms with Crippen molar-refractivity contribution in [2.75, 3.05) is 25.5 Å². The number of aromatic nitrogens is 1. The van der Waals surface area contributed by atoms with Crippen molar-refractivity contribution in [3.05, 3.63) is 130 Å². The topological polar surface area (TPSA) is 30.7 Å². The van der Waals surface area contributed by atoms with E-state index in [9.17, 15) is 4.79 Å². The van der Waals surface area contributed by atoms with Crippen LogP contribution in [0.3, 0.4) is 0 Å². The molecule has 5 aromatic rings. The molecule has 1 saturated heterocycles. The molecule has 0 radical (unpaired) electrons. The molecule has 2 aliphatic heterocycles. The van der Waals surface area contributed by atoms with E-state index in [0.717, 1.165) is 42.7 Å². The third-order valence-electron chi connectivity index (χ3n) is 10.2. The number of carbonyl (C=O) groups is 1. The van der Waals surface area contributed by atoms with Gasteiger partial charge in [0.15, 0.2) is 5.11 Å². The summed E-state index contributed by atoms with van der Waals surface area (Å²) in [5.74, 6) is -0.707. The van der Waals surface area contributed by atoms with Crippen LogP contribution in [0.1, 0.15) is 31.7 Å². The fraction of sp³-hybridized carbons (Fsp3) is 0.214. The summed E-state index contributed by atoms with van der Waals surface area (Å²) < 4.78 is 3.66. The fourth-order valence-corrected chi connectivity index (χ4v) is 10.1. The number of anilines is 1. The first-order chi connectivity index (χ1) is 24.3. The van der Waals surface area contributed by atoms with Gasteiger partial charge in [-0.25, -0.2) is 0 Å². The number of amides is 1. The summed E-state index contributed by atoms with van der Waals surface area (Å²) in [4.78, 5) is 21.0. The highest BCUT2D eigenvalue weighted by Crippen LogP contribution is 2.50. The number of hydrogen-bond acceptors (Lipinski definition) is 5. The molecule has 0 saturated carbocycles. The van der Waals surface area contributed by atoms with Crippen LogP contribution in [0.5, 0.6) is 0 Å². The van der Waals surface area contributed by atoms with Crippen molar-refractivity contribution in [1.29, 1.82) is 0 Å². The molecule has 1 unspecified atom stereocenters. The van der Waals surface area contributed by atoms with Crippen molar-refractivity contribution < 1.29 is 9.36 Å². The van der Waals surface area contributed by atoms with Gasteiger partial charge in [-0.05, 0) is 90.7 Å². The summed E-state index contributed by atoms with van der Waals surface area (Å²) in [6.45, 7) is 12.9. The standard InChI is InChI=1S/C42H38N4OS3/c1-6-45-35(49-33-22-18-27-12-8-10-14-31(27)39(33)45)24-20-29-16-17-30(38(29)37-26(3)43(4)42(48)44(5)41(37)47)21-25-36-46(7-2)40-32-15-11-9-13-28(32)19-23-34(40)50-36/h3,8-15,18-25,37H,6-7,16-17H2,1-2,4-5H3. The summed E-state index contributed by atoms with van der Waals surface area (Å²) >= 11 is 9.19. The molecular formula is C42H38N4OS3. The number of fused-ring (bicyclic) bond motifs is 6. The van der Waals surface area contributed by atoms with Gasteiger partial charge in [0.25, 0.3) is 5.01 Å². The van der Waals surface area contributed by atoms with Crippen LogP contribution in [0.2, 0.25) is 0 Å². The highest BCUT2D eigenvalue weighted by molar-refractivity contribution is 8.03. The minimum absolute atomic E-state index is 0.0896. The maximum atomic E-state index is 14.0. The second-order valence-corrected chi connectivity index (χ2v) is 15.4. The molecule has 0 N–H and O–H groups in total. The van der Waals surface area contributed by atoms with Crippen molar-refractivity contribution in [3.63, 3.8) is 0 Å². The Hall–Kier alpha value is -4.50. The van der Waals surface area contributed by atoms with E-state index >= 15 is 0 Å². The van der Waals surface area contributed by atoms with Gasteiger partial charge in [0, 0.05) is 37.0 Å². The molecular weight excluding hydrogens is 673 g/mol. The van der Waals surface area contributed by atoms with Crippen LogP contribution in [-0.4, -0.2) is 41.5 Å². The molecule has 3 aliphatic rings. The van der Waals surface area contributed by atoms with Gasteiger partial charge in [-0.2, -0.15) is 4.57 Å². The van der Waals surface area contributed by atoms with E-state index in [1.165, 1.54) is 52.4 Å². The Morgan fingerprint density at radius 1 is 0.900 bits per heavy atom. The normalized spacial score (nSPS) is 20.0. The van der Waals surface area contributed by atoms with Crippen molar-refractivity contribution in [2.24, 2.45) is 5.92 Å². The second-order valence-electron chi connectivity index (χ2n) is 12.9. The van der Waals surface area contributed by atoms with Crippen molar-refractivity contribution in [2.45, 2.75) is 38.1 Å². The zero-order valence-electron chi connectivity index (χ0n) is 28.6. The van der Waals surface area contributed by atoms with Gasteiger partial charge in [-0.15, -0.1) is 5.70 Å². The van der Waals surface area contributed by atoms with Crippen LogP contribution in [-0.2, 0) is 11.3 Å². The quantitative estimate of drug-likeness (QED) is 0.0996. The largest absolute Gasteiger partial charge is 0.492 e. The zero-order valence-corrected chi connectivity index (χ0v) is 31.1. The maximum Gasteiger partial charge on any atom is 0.262 e. The minimum Gasteiger partial charge on any atom is -0.492 e. The van der Waals surface area contributed by atoms with E-state index in [2.05, 4.69) is 120 Å². The van der Waals surface area contributed by atoms with Gasteiger partial charge in [0.05, 0.1) is 22.0 Å². The second kappa shape index (κ2) is 13.0. The number of rotatable bonds is 6. The average molecular weight is 711 g/mol. The number of thiocarbonyl (C=S) groups is 1. The van der Waals surface area contributed by atoms with Gasteiger partial charge in [-0.1, -0.05) is 89.8 Å². The molecule has 3 heterocycles. The van der Waals surface area contributed by atoms with Crippen molar-refractivity contribution in [3.8, 4) is 0 Å². The molecule has 1 amide bonds. The molecule has 5 nitrogen and oxygen atoms in total. The van der Waals surface area contributed by atoms with E-state index in [1.54, 1.807) is 39.9 Å². The first-order valence-corrected chi connectivity index (χ1v) is 19.2. The summed E-state index contributed by atoms with van der Waals surface area (Å²) in [6.07, 6.45) is 10.6. The lowest BCUT2D eigenvalue weighted by atomic mass is 9.87. The Morgan fingerprint density at radius 3 is 2.38 bits per heavy atom. The van der Waals surface area contributed by atoms with Crippen LogP contribution >= 0.6 is 35.3 Å². The highest BCUT2D eigenvalue weighted by atomic mass is 32.2. The zero-order chi connectivity index (χ0) is 34.7. The molecule has 4 aromatic carbocycles. The monoisotopic (exact) mass is 710 g/mol. The Kier molecular flexibility index (Phi) is 8.50. The maximum absolute atomic E-state index is 14.0. The molecule has 250 valence electrons.